The summed E-state index contributed by atoms with van der Waals surface area (Å²) in [6, 6.07) is 11.4. The Balaban J connectivity index is 1.61. The molecular formula is C16H20N2S. The van der Waals surface area contributed by atoms with Gasteiger partial charge < -0.3 is 10.6 Å². The number of nitrogens with one attached hydrogen (secondary N) is 2. The van der Waals surface area contributed by atoms with Crippen molar-refractivity contribution >= 4 is 11.3 Å². The first-order chi connectivity index (χ1) is 9.34. The zero-order valence-corrected chi connectivity index (χ0v) is 12.1. The smallest absolute Gasteiger partial charge is 0.0449 e. The highest BCUT2D eigenvalue weighted by Crippen LogP contribution is 2.22. The lowest BCUT2D eigenvalue weighted by molar-refractivity contribution is 0.469. The molecule has 0 saturated carbocycles. The minimum Gasteiger partial charge on any atom is -0.310 e. The van der Waals surface area contributed by atoms with E-state index in [1.165, 1.54) is 21.6 Å². The van der Waals surface area contributed by atoms with Crippen LogP contribution in [0.5, 0.6) is 0 Å². The Morgan fingerprint density at radius 3 is 3.05 bits per heavy atom. The lowest BCUT2D eigenvalue weighted by Gasteiger charge is -2.27. The first-order valence-electron chi connectivity index (χ1n) is 6.89. The Morgan fingerprint density at radius 2 is 2.21 bits per heavy atom. The molecule has 0 saturated heterocycles. The maximum Gasteiger partial charge on any atom is 0.0449 e. The second kappa shape index (κ2) is 5.87. The average Bonchev–Trinajstić information content (AvgIpc) is 2.85. The van der Waals surface area contributed by atoms with Crippen LogP contribution >= 0.6 is 11.3 Å². The molecule has 2 nitrogen and oxygen atoms in total. The molecule has 2 N–H and O–H groups in total. The molecule has 100 valence electrons. The summed E-state index contributed by atoms with van der Waals surface area (Å²) in [7, 11) is 0. The average molecular weight is 272 g/mol. The Morgan fingerprint density at radius 1 is 1.32 bits per heavy atom. The fourth-order valence-corrected chi connectivity index (χ4v) is 3.57. The van der Waals surface area contributed by atoms with Gasteiger partial charge in [0.15, 0.2) is 0 Å². The lowest BCUT2D eigenvalue weighted by Crippen LogP contribution is -2.36. The monoisotopic (exact) mass is 272 g/mol. The standard InChI is InChI=1S/C16H20N2S/c1-12-7-9-19-16(12)11-17-10-15-14-5-3-2-4-13(14)6-8-18-15/h2-5,7,9,15,17-18H,6,8,10-11H2,1H3. The van der Waals surface area contributed by atoms with Gasteiger partial charge in [-0.1, -0.05) is 24.3 Å². The summed E-state index contributed by atoms with van der Waals surface area (Å²) in [5.74, 6) is 0. The highest BCUT2D eigenvalue weighted by atomic mass is 32.1. The molecular weight excluding hydrogens is 252 g/mol. The van der Waals surface area contributed by atoms with E-state index < -0.39 is 0 Å². The van der Waals surface area contributed by atoms with Gasteiger partial charge in [0.05, 0.1) is 0 Å². The van der Waals surface area contributed by atoms with Gasteiger partial charge in [-0.2, -0.15) is 0 Å². The maximum atomic E-state index is 3.61. The molecule has 0 spiro atoms. The summed E-state index contributed by atoms with van der Waals surface area (Å²) in [5, 5.41) is 9.37. The SMILES string of the molecule is Cc1ccsc1CNCC1NCCc2ccccc21. The molecule has 1 aromatic heterocycles. The van der Waals surface area contributed by atoms with E-state index in [2.05, 4.69) is 53.3 Å². The number of benzene rings is 1. The van der Waals surface area contributed by atoms with Gasteiger partial charge in [-0.25, -0.2) is 0 Å². The van der Waals surface area contributed by atoms with Crippen molar-refractivity contribution in [1.82, 2.24) is 10.6 Å². The van der Waals surface area contributed by atoms with Gasteiger partial charge in [0.2, 0.25) is 0 Å². The molecule has 3 rings (SSSR count). The van der Waals surface area contributed by atoms with E-state index in [9.17, 15) is 0 Å². The first kappa shape index (κ1) is 12.9. The van der Waals surface area contributed by atoms with Crippen LogP contribution in [-0.4, -0.2) is 13.1 Å². The molecule has 1 aliphatic heterocycles. The molecule has 1 aliphatic rings. The zero-order chi connectivity index (χ0) is 13.1. The largest absolute Gasteiger partial charge is 0.310 e. The normalized spacial score (nSPS) is 18.3. The second-order valence-corrected chi connectivity index (χ2v) is 6.11. The predicted octanol–water partition coefficient (Wildman–Crippen LogP) is 3.03. The quantitative estimate of drug-likeness (QED) is 0.894. The number of hydrogen-bond acceptors (Lipinski definition) is 3. The molecule has 0 bridgehead atoms. The summed E-state index contributed by atoms with van der Waals surface area (Å²) in [6.45, 7) is 5.24. The zero-order valence-electron chi connectivity index (χ0n) is 11.3. The van der Waals surface area contributed by atoms with Crippen LogP contribution in [0.3, 0.4) is 0 Å². The van der Waals surface area contributed by atoms with Gasteiger partial charge in [0.25, 0.3) is 0 Å². The van der Waals surface area contributed by atoms with Crippen LogP contribution in [0.2, 0.25) is 0 Å². The van der Waals surface area contributed by atoms with Crippen LogP contribution in [0, 0.1) is 6.92 Å². The van der Waals surface area contributed by atoms with Crippen molar-refractivity contribution in [1.29, 1.82) is 0 Å². The molecule has 1 atom stereocenters. The molecule has 19 heavy (non-hydrogen) atoms. The molecule has 0 aliphatic carbocycles. The predicted molar refractivity (Wildman–Crippen MR) is 81.7 cm³/mol. The number of hydrogen-bond donors (Lipinski definition) is 2. The summed E-state index contributed by atoms with van der Waals surface area (Å²) in [4.78, 5) is 1.45. The Labute approximate surface area is 118 Å². The highest BCUT2D eigenvalue weighted by molar-refractivity contribution is 7.10. The van der Waals surface area contributed by atoms with Crippen molar-refractivity contribution in [3.05, 3.63) is 57.3 Å². The molecule has 0 fully saturated rings. The van der Waals surface area contributed by atoms with Crippen molar-refractivity contribution in [2.75, 3.05) is 13.1 Å². The van der Waals surface area contributed by atoms with Crippen LogP contribution in [0.25, 0.3) is 0 Å². The third kappa shape index (κ3) is 2.89. The van der Waals surface area contributed by atoms with Gasteiger partial charge in [-0.05, 0) is 48.0 Å². The fourth-order valence-electron chi connectivity index (χ4n) is 2.69. The first-order valence-corrected chi connectivity index (χ1v) is 7.77. The van der Waals surface area contributed by atoms with Gasteiger partial charge in [-0.15, -0.1) is 11.3 Å². The van der Waals surface area contributed by atoms with E-state index in [0.717, 1.165) is 26.1 Å². The van der Waals surface area contributed by atoms with Crippen LogP contribution < -0.4 is 10.6 Å². The van der Waals surface area contributed by atoms with Crippen molar-refractivity contribution in [2.45, 2.75) is 25.9 Å². The van der Waals surface area contributed by atoms with Gasteiger partial charge in [0, 0.05) is 24.0 Å². The highest BCUT2D eigenvalue weighted by Gasteiger charge is 2.18. The van der Waals surface area contributed by atoms with Crippen molar-refractivity contribution in [3.63, 3.8) is 0 Å². The van der Waals surface area contributed by atoms with E-state index >= 15 is 0 Å². The van der Waals surface area contributed by atoms with Crippen LogP contribution in [0.1, 0.15) is 27.6 Å². The Bertz CT molecular complexity index is 547. The molecule has 1 aromatic carbocycles. The summed E-state index contributed by atoms with van der Waals surface area (Å²) < 4.78 is 0. The third-order valence-corrected chi connectivity index (χ3v) is 4.84. The molecule has 2 aromatic rings. The van der Waals surface area contributed by atoms with Crippen molar-refractivity contribution < 1.29 is 0 Å². The fraction of sp³-hybridized carbons (Fsp3) is 0.375. The van der Waals surface area contributed by atoms with Gasteiger partial charge in [-0.3, -0.25) is 0 Å². The van der Waals surface area contributed by atoms with Gasteiger partial charge >= 0.3 is 0 Å². The molecule has 1 unspecified atom stereocenters. The molecule has 0 radical (unpaired) electrons. The van der Waals surface area contributed by atoms with Crippen molar-refractivity contribution in [2.24, 2.45) is 0 Å². The maximum absolute atomic E-state index is 3.61. The van der Waals surface area contributed by atoms with Crippen LogP contribution in [-0.2, 0) is 13.0 Å². The molecule has 2 heterocycles. The van der Waals surface area contributed by atoms with Gasteiger partial charge in [0.1, 0.15) is 0 Å². The summed E-state index contributed by atoms with van der Waals surface area (Å²) in [6.07, 6.45) is 1.15. The minimum atomic E-state index is 0.449. The summed E-state index contributed by atoms with van der Waals surface area (Å²) >= 11 is 1.84. The van der Waals surface area contributed by atoms with E-state index in [0.29, 0.717) is 6.04 Å². The Kier molecular flexibility index (Phi) is 3.97. The van der Waals surface area contributed by atoms with E-state index in [1.807, 2.05) is 11.3 Å². The molecule has 0 amide bonds. The number of aryl methyl sites for hydroxylation is 1. The Hall–Kier alpha value is -1.16. The van der Waals surface area contributed by atoms with Crippen molar-refractivity contribution in [3.8, 4) is 0 Å². The van der Waals surface area contributed by atoms with E-state index in [4.69, 9.17) is 0 Å². The summed E-state index contributed by atoms with van der Waals surface area (Å²) in [5.41, 5.74) is 4.36. The van der Waals surface area contributed by atoms with E-state index in [-0.39, 0.29) is 0 Å². The van der Waals surface area contributed by atoms with Crippen LogP contribution in [0.4, 0.5) is 0 Å². The topological polar surface area (TPSA) is 24.1 Å². The lowest BCUT2D eigenvalue weighted by atomic mass is 9.94. The van der Waals surface area contributed by atoms with Crippen LogP contribution in [0.15, 0.2) is 35.7 Å². The number of rotatable bonds is 4. The number of thiophene rings is 1. The third-order valence-electron chi connectivity index (χ3n) is 3.82. The second-order valence-electron chi connectivity index (χ2n) is 5.11. The minimum absolute atomic E-state index is 0.449. The molecule has 3 heteroatoms. The van der Waals surface area contributed by atoms with E-state index in [1.54, 1.807) is 0 Å². The number of fused-ring (bicyclic) bond motifs is 1.